The van der Waals surface area contributed by atoms with Crippen LogP contribution >= 0.6 is 0 Å². The smallest absolute Gasteiger partial charge is 0.120 e. The highest BCUT2D eigenvalue weighted by atomic mass is 16.5. The Hall–Kier alpha value is -3.04. The third-order valence-corrected chi connectivity index (χ3v) is 6.10. The molecule has 0 saturated carbocycles. The van der Waals surface area contributed by atoms with Crippen molar-refractivity contribution in [2.24, 2.45) is 0 Å². The van der Waals surface area contributed by atoms with Crippen molar-refractivity contribution in [1.82, 2.24) is 9.88 Å². The van der Waals surface area contributed by atoms with Gasteiger partial charge >= 0.3 is 0 Å². The average Bonchev–Trinajstić information content (AvgIpc) is 3.23. The van der Waals surface area contributed by atoms with Gasteiger partial charge in [-0.05, 0) is 60.8 Å². The lowest BCUT2D eigenvalue weighted by Gasteiger charge is -2.35. The fourth-order valence-electron chi connectivity index (χ4n) is 4.58. The number of benzene rings is 3. The van der Waals surface area contributed by atoms with Gasteiger partial charge in [-0.1, -0.05) is 67.1 Å². The molecule has 1 aliphatic heterocycles. The predicted molar refractivity (Wildman–Crippen MR) is 123 cm³/mol. The van der Waals surface area contributed by atoms with E-state index < -0.39 is 0 Å². The van der Waals surface area contributed by atoms with Gasteiger partial charge in [-0.15, -0.1) is 0 Å². The Kier molecular flexibility index (Phi) is 5.54. The SMILES string of the molecule is c1ccc(COc2ccc3[nH]cc(C(c4ccccc4)N4CCCCC4)c3c2)cc1. The van der Waals surface area contributed by atoms with Crippen LogP contribution in [0.4, 0.5) is 0 Å². The van der Waals surface area contributed by atoms with Crippen LogP contribution < -0.4 is 4.74 Å². The molecule has 3 heteroatoms. The Morgan fingerprint density at radius 2 is 1.57 bits per heavy atom. The third kappa shape index (κ3) is 3.99. The maximum absolute atomic E-state index is 6.13. The highest BCUT2D eigenvalue weighted by Gasteiger charge is 2.26. The molecule has 2 heterocycles. The van der Waals surface area contributed by atoms with E-state index in [0.29, 0.717) is 6.61 Å². The second-order valence-electron chi connectivity index (χ2n) is 8.14. The van der Waals surface area contributed by atoms with Crippen molar-refractivity contribution < 1.29 is 4.74 Å². The summed E-state index contributed by atoms with van der Waals surface area (Å²) in [5.41, 5.74) is 5.04. The van der Waals surface area contributed by atoms with Crippen LogP contribution in [-0.4, -0.2) is 23.0 Å². The molecule has 0 radical (unpaired) electrons. The number of piperidine rings is 1. The summed E-state index contributed by atoms with van der Waals surface area (Å²) in [6, 6.07) is 27.9. The van der Waals surface area contributed by atoms with Crippen molar-refractivity contribution in [2.75, 3.05) is 13.1 Å². The zero-order chi connectivity index (χ0) is 20.2. The third-order valence-electron chi connectivity index (χ3n) is 6.10. The van der Waals surface area contributed by atoms with E-state index >= 15 is 0 Å². The first kappa shape index (κ1) is 19.0. The normalized spacial score (nSPS) is 15.9. The summed E-state index contributed by atoms with van der Waals surface area (Å²) in [5, 5.41) is 1.25. The first-order valence-electron chi connectivity index (χ1n) is 11.0. The quantitative estimate of drug-likeness (QED) is 0.413. The summed E-state index contributed by atoms with van der Waals surface area (Å²) in [4.78, 5) is 6.13. The van der Waals surface area contributed by atoms with Gasteiger partial charge in [-0.2, -0.15) is 0 Å². The maximum atomic E-state index is 6.13. The summed E-state index contributed by atoms with van der Waals surface area (Å²) >= 11 is 0. The van der Waals surface area contributed by atoms with E-state index in [9.17, 15) is 0 Å². The molecule has 1 N–H and O–H groups in total. The molecular weight excluding hydrogens is 368 g/mol. The molecule has 3 aromatic carbocycles. The van der Waals surface area contributed by atoms with Crippen LogP contribution in [0.1, 0.15) is 42.0 Å². The molecule has 0 aliphatic carbocycles. The molecule has 0 amide bonds. The molecule has 1 aromatic heterocycles. The number of nitrogens with one attached hydrogen (secondary N) is 1. The lowest BCUT2D eigenvalue weighted by atomic mass is 9.94. The second kappa shape index (κ2) is 8.76. The average molecular weight is 397 g/mol. The second-order valence-corrected chi connectivity index (χ2v) is 8.14. The minimum Gasteiger partial charge on any atom is -0.489 e. The molecule has 0 bridgehead atoms. The van der Waals surface area contributed by atoms with Gasteiger partial charge < -0.3 is 9.72 Å². The van der Waals surface area contributed by atoms with Crippen LogP contribution in [0.3, 0.4) is 0 Å². The van der Waals surface area contributed by atoms with Crippen molar-refractivity contribution >= 4 is 10.9 Å². The molecule has 1 atom stereocenters. The topological polar surface area (TPSA) is 28.3 Å². The first-order chi connectivity index (χ1) is 14.9. The molecule has 1 fully saturated rings. The van der Waals surface area contributed by atoms with Gasteiger partial charge in [0.15, 0.2) is 0 Å². The Morgan fingerprint density at radius 3 is 2.33 bits per heavy atom. The Morgan fingerprint density at radius 1 is 0.833 bits per heavy atom. The van der Waals surface area contributed by atoms with E-state index in [0.717, 1.165) is 24.4 Å². The minimum absolute atomic E-state index is 0.268. The molecule has 0 spiro atoms. The molecule has 4 aromatic rings. The Labute approximate surface area is 178 Å². The van der Waals surface area contributed by atoms with E-state index in [1.54, 1.807) is 0 Å². The minimum atomic E-state index is 0.268. The molecular formula is C27H28N2O. The van der Waals surface area contributed by atoms with Gasteiger partial charge in [0, 0.05) is 17.1 Å². The van der Waals surface area contributed by atoms with E-state index in [-0.39, 0.29) is 6.04 Å². The van der Waals surface area contributed by atoms with Crippen LogP contribution in [0, 0.1) is 0 Å². The van der Waals surface area contributed by atoms with E-state index in [1.807, 2.05) is 6.07 Å². The summed E-state index contributed by atoms with van der Waals surface area (Å²) in [6.45, 7) is 2.88. The highest BCUT2D eigenvalue weighted by molar-refractivity contribution is 5.85. The monoisotopic (exact) mass is 396 g/mol. The van der Waals surface area contributed by atoms with Crippen molar-refractivity contribution in [1.29, 1.82) is 0 Å². The van der Waals surface area contributed by atoms with Crippen molar-refractivity contribution in [3.63, 3.8) is 0 Å². The number of ether oxygens (including phenoxy) is 1. The number of H-pyrrole nitrogens is 1. The summed E-state index contributed by atoms with van der Waals surface area (Å²) in [7, 11) is 0. The number of hydrogen-bond donors (Lipinski definition) is 1. The van der Waals surface area contributed by atoms with Gasteiger partial charge in [0.25, 0.3) is 0 Å². The van der Waals surface area contributed by atoms with Crippen LogP contribution in [-0.2, 0) is 6.61 Å². The zero-order valence-corrected chi connectivity index (χ0v) is 17.3. The first-order valence-corrected chi connectivity index (χ1v) is 11.0. The van der Waals surface area contributed by atoms with Gasteiger partial charge in [0.1, 0.15) is 12.4 Å². The van der Waals surface area contributed by atoms with Gasteiger partial charge in [-0.3, -0.25) is 4.90 Å². The number of fused-ring (bicyclic) bond motifs is 1. The van der Waals surface area contributed by atoms with Crippen LogP contribution in [0.2, 0.25) is 0 Å². The van der Waals surface area contributed by atoms with Gasteiger partial charge in [-0.25, -0.2) is 0 Å². The summed E-state index contributed by atoms with van der Waals surface area (Å²) < 4.78 is 6.13. The van der Waals surface area contributed by atoms with E-state index in [2.05, 4.69) is 88.9 Å². The molecule has 1 saturated heterocycles. The molecule has 152 valence electrons. The number of nitrogens with zero attached hydrogens (tertiary/aromatic N) is 1. The highest BCUT2D eigenvalue weighted by Crippen LogP contribution is 2.36. The van der Waals surface area contributed by atoms with Crippen molar-refractivity contribution in [3.05, 3.63) is 102 Å². The lowest BCUT2D eigenvalue weighted by molar-refractivity contribution is 0.188. The zero-order valence-electron chi connectivity index (χ0n) is 17.3. The van der Waals surface area contributed by atoms with E-state index in [1.165, 1.54) is 41.3 Å². The maximum Gasteiger partial charge on any atom is 0.120 e. The van der Waals surface area contributed by atoms with Crippen LogP contribution in [0.5, 0.6) is 5.75 Å². The molecule has 1 unspecified atom stereocenters. The summed E-state index contributed by atoms with van der Waals surface area (Å²) in [5.74, 6) is 0.914. The fraction of sp³-hybridized carbons (Fsp3) is 0.259. The fourth-order valence-corrected chi connectivity index (χ4v) is 4.58. The Bertz CT molecular complexity index is 1080. The van der Waals surface area contributed by atoms with Crippen molar-refractivity contribution in [2.45, 2.75) is 31.9 Å². The number of aromatic nitrogens is 1. The molecule has 5 rings (SSSR count). The Balaban J connectivity index is 1.49. The largest absolute Gasteiger partial charge is 0.489 e. The number of aromatic amines is 1. The summed E-state index contributed by atoms with van der Waals surface area (Å²) in [6.07, 6.45) is 6.08. The van der Waals surface area contributed by atoms with Gasteiger partial charge in [0.2, 0.25) is 0 Å². The number of likely N-dealkylation sites (tertiary alicyclic amines) is 1. The molecule has 1 aliphatic rings. The van der Waals surface area contributed by atoms with Crippen LogP contribution in [0.15, 0.2) is 85.1 Å². The van der Waals surface area contributed by atoms with Gasteiger partial charge in [0.05, 0.1) is 6.04 Å². The standard InChI is InChI=1S/C27H28N2O/c1-4-10-21(11-5-1)20-30-23-14-15-26-24(18-23)25(19-28-26)27(22-12-6-2-7-13-22)29-16-8-3-9-17-29/h1-2,4-7,10-15,18-19,27-28H,3,8-9,16-17,20H2. The number of hydrogen-bond acceptors (Lipinski definition) is 2. The number of rotatable bonds is 6. The van der Waals surface area contributed by atoms with E-state index in [4.69, 9.17) is 4.74 Å². The van der Waals surface area contributed by atoms with Crippen molar-refractivity contribution in [3.8, 4) is 5.75 Å². The molecule has 3 nitrogen and oxygen atoms in total. The lowest BCUT2D eigenvalue weighted by Crippen LogP contribution is -2.34. The predicted octanol–water partition coefficient (Wildman–Crippen LogP) is 6.32. The van der Waals surface area contributed by atoms with Crippen LogP contribution in [0.25, 0.3) is 10.9 Å². The molecule has 30 heavy (non-hydrogen) atoms.